The number of amides is 1. The molecule has 1 unspecified atom stereocenters. The lowest BCUT2D eigenvalue weighted by Gasteiger charge is -2.20. The molecule has 12 heavy (non-hydrogen) atoms. The van der Waals surface area contributed by atoms with Crippen molar-refractivity contribution in [2.24, 2.45) is 0 Å². The third-order valence-electron chi connectivity index (χ3n) is 2.35. The zero-order chi connectivity index (χ0) is 8.97. The van der Waals surface area contributed by atoms with Gasteiger partial charge in [0.25, 0.3) is 0 Å². The Morgan fingerprint density at radius 2 is 2.50 bits per heavy atom. The average molecular weight is 172 g/mol. The van der Waals surface area contributed by atoms with Gasteiger partial charge in [0.1, 0.15) is 0 Å². The van der Waals surface area contributed by atoms with E-state index in [0.29, 0.717) is 6.54 Å². The summed E-state index contributed by atoms with van der Waals surface area (Å²) in [4.78, 5) is 12.2. The van der Waals surface area contributed by atoms with Crippen LogP contribution in [0.2, 0.25) is 0 Å². The number of nitrogens with zero attached hydrogens (tertiary/aromatic N) is 1. The molecule has 1 amide bonds. The van der Waals surface area contributed by atoms with Gasteiger partial charge in [-0.05, 0) is 32.9 Å². The van der Waals surface area contributed by atoms with Gasteiger partial charge in [-0.25, -0.2) is 4.79 Å². The summed E-state index contributed by atoms with van der Waals surface area (Å²) in [6.45, 7) is 1.61. The first-order valence-electron chi connectivity index (χ1n) is 4.40. The third-order valence-corrected chi connectivity index (χ3v) is 2.35. The summed E-state index contributed by atoms with van der Waals surface area (Å²) in [6, 6.07) is 0.245. The van der Waals surface area contributed by atoms with E-state index in [9.17, 15) is 4.79 Å². The van der Waals surface area contributed by atoms with E-state index in [-0.39, 0.29) is 6.04 Å². The van der Waals surface area contributed by atoms with Crippen molar-refractivity contribution in [2.75, 3.05) is 20.1 Å². The molecule has 70 valence electrons. The van der Waals surface area contributed by atoms with Gasteiger partial charge in [0.05, 0.1) is 0 Å². The molecule has 0 radical (unpaired) electrons. The summed E-state index contributed by atoms with van der Waals surface area (Å²) in [5.74, 6) is 0. The molecule has 2 N–H and O–H groups in total. The zero-order valence-electron chi connectivity index (χ0n) is 7.42. The quantitative estimate of drug-likeness (QED) is 0.660. The van der Waals surface area contributed by atoms with Gasteiger partial charge in [0, 0.05) is 12.6 Å². The van der Waals surface area contributed by atoms with Crippen molar-refractivity contribution in [3.63, 3.8) is 0 Å². The van der Waals surface area contributed by atoms with Crippen molar-refractivity contribution in [1.29, 1.82) is 0 Å². The first-order chi connectivity index (χ1) is 5.75. The second-order valence-electron chi connectivity index (χ2n) is 3.16. The Balaban J connectivity index is 2.35. The lowest BCUT2D eigenvalue weighted by atomic mass is 10.1. The second kappa shape index (κ2) is 4.30. The van der Waals surface area contributed by atoms with E-state index in [4.69, 9.17) is 5.11 Å². The van der Waals surface area contributed by atoms with E-state index in [0.717, 1.165) is 25.8 Å². The molecular weight excluding hydrogens is 156 g/mol. The number of hydrogen-bond acceptors (Lipinski definition) is 2. The molecule has 0 aromatic carbocycles. The minimum Gasteiger partial charge on any atom is -0.465 e. The van der Waals surface area contributed by atoms with Gasteiger partial charge in [-0.2, -0.15) is 0 Å². The Hall–Kier alpha value is -0.770. The maximum atomic E-state index is 10.7. The number of hydrogen-bond donors (Lipinski definition) is 2. The molecule has 0 aromatic rings. The summed E-state index contributed by atoms with van der Waals surface area (Å²) in [5.41, 5.74) is 0. The van der Waals surface area contributed by atoms with E-state index in [1.54, 1.807) is 4.90 Å². The highest BCUT2D eigenvalue weighted by Crippen LogP contribution is 2.19. The molecule has 1 saturated heterocycles. The minimum absolute atomic E-state index is 0.245. The molecule has 1 fully saturated rings. The van der Waals surface area contributed by atoms with Gasteiger partial charge in [-0.15, -0.1) is 0 Å². The molecule has 0 spiro atoms. The maximum absolute atomic E-state index is 10.7. The van der Waals surface area contributed by atoms with E-state index >= 15 is 0 Å². The fourth-order valence-electron chi connectivity index (χ4n) is 1.70. The van der Waals surface area contributed by atoms with Crippen LogP contribution >= 0.6 is 0 Å². The van der Waals surface area contributed by atoms with Crippen molar-refractivity contribution >= 4 is 6.09 Å². The monoisotopic (exact) mass is 172 g/mol. The van der Waals surface area contributed by atoms with Gasteiger partial charge in [-0.3, -0.25) is 0 Å². The fourth-order valence-corrected chi connectivity index (χ4v) is 1.70. The Labute approximate surface area is 72.6 Å². The summed E-state index contributed by atoms with van der Waals surface area (Å²) >= 11 is 0. The highest BCUT2D eigenvalue weighted by molar-refractivity contribution is 5.65. The van der Waals surface area contributed by atoms with Crippen LogP contribution in [-0.2, 0) is 0 Å². The molecule has 0 saturated carbocycles. The first kappa shape index (κ1) is 9.32. The van der Waals surface area contributed by atoms with Crippen molar-refractivity contribution in [3.8, 4) is 0 Å². The van der Waals surface area contributed by atoms with Gasteiger partial charge in [0.15, 0.2) is 0 Å². The standard InChI is InChI=1S/C8H16N2O2/c1-9-5-4-7-3-2-6-10(7)8(11)12/h7,9H,2-6H2,1H3,(H,11,12). The van der Waals surface area contributed by atoms with Crippen molar-refractivity contribution in [2.45, 2.75) is 25.3 Å². The predicted molar refractivity (Wildman–Crippen MR) is 46.3 cm³/mol. The van der Waals surface area contributed by atoms with Crippen LogP contribution in [0.1, 0.15) is 19.3 Å². The molecule has 0 bridgehead atoms. The third kappa shape index (κ3) is 2.11. The minimum atomic E-state index is -0.770. The highest BCUT2D eigenvalue weighted by atomic mass is 16.4. The van der Waals surface area contributed by atoms with Crippen LogP contribution in [0.15, 0.2) is 0 Å². The molecule has 1 rings (SSSR count). The number of likely N-dealkylation sites (tertiary alicyclic amines) is 1. The normalized spacial score (nSPS) is 23.1. The summed E-state index contributed by atoms with van der Waals surface area (Å²) in [7, 11) is 1.89. The average Bonchev–Trinajstić information content (AvgIpc) is 2.48. The SMILES string of the molecule is CNCCC1CCCN1C(=O)O. The largest absolute Gasteiger partial charge is 0.465 e. The molecule has 4 heteroatoms. The van der Waals surface area contributed by atoms with Crippen molar-refractivity contribution in [1.82, 2.24) is 10.2 Å². The van der Waals surface area contributed by atoms with Crippen molar-refractivity contribution in [3.05, 3.63) is 0 Å². The molecule has 1 heterocycles. The van der Waals surface area contributed by atoms with E-state index in [2.05, 4.69) is 5.32 Å². The Morgan fingerprint density at radius 1 is 1.75 bits per heavy atom. The number of rotatable bonds is 3. The van der Waals surface area contributed by atoms with Crippen LogP contribution in [0, 0.1) is 0 Å². The number of carbonyl (C=O) groups is 1. The second-order valence-corrected chi connectivity index (χ2v) is 3.16. The lowest BCUT2D eigenvalue weighted by Crippen LogP contribution is -2.35. The number of carboxylic acid groups (broad SMARTS) is 1. The molecule has 0 aliphatic carbocycles. The Morgan fingerprint density at radius 3 is 3.08 bits per heavy atom. The van der Waals surface area contributed by atoms with Gasteiger partial charge in [-0.1, -0.05) is 0 Å². The van der Waals surface area contributed by atoms with Crippen LogP contribution in [-0.4, -0.2) is 42.3 Å². The predicted octanol–water partition coefficient (Wildman–Crippen LogP) is 0.738. The fraction of sp³-hybridized carbons (Fsp3) is 0.875. The van der Waals surface area contributed by atoms with Crippen LogP contribution in [0.3, 0.4) is 0 Å². The van der Waals surface area contributed by atoms with Gasteiger partial charge < -0.3 is 15.3 Å². The molecule has 1 atom stereocenters. The van der Waals surface area contributed by atoms with E-state index in [1.165, 1.54) is 0 Å². The summed E-state index contributed by atoms with van der Waals surface area (Å²) in [6.07, 6.45) is 2.20. The maximum Gasteiger partial charge on any atom is 0.407 e. The van der Waals surface area contributed by atoms with Gasteiger partial charge in [0.2, 0.25) is 0 Å². The smallest absolute Gasteiger partial charge is 0.407 e. The van der Waals surface area contributed by atoms with Crippen LogP contribution in [0.5, 0.6) is 0 Å². The molecular formula is C8H16N2O2. The van der Waals surface area contributed by atoms with Gasteiger partial charge >= 0.3 is 6.09 Å². The summed E-state index contributed by atoms with van der Waals surface area (Å²) in [5, 5.41) is 11.8. The number of nitrogens with one attached hydrogen (secondary N) is 1. The Kier molecular flexibility index (Phi) is 3.34. The summed E-state index contributed by atoms with van der Waals surface area (Å²) < 4.78 is 0. The van der Waals surface area contributed by atoms with Crippen LogP contribution in [0.25, 0.3) is 0 Å². The zero-order valence-corrected chi connectivity index (χ0v) is 7.42. The van der Waals surface area contributed by atoms with E-state index in [1.807, 2.05) is 7.05 Å². The lowest BCUT2D eigenvalue weighted by molar-refractivity contribution is 0.138. The van der Waals surface area contributed by atoms with E-state index < -0.39 is 6.09 Å². The molecule has 1 aliphatic heterocycles. The molecule has 1 aliphatic rings. The molecule has 4 nitrogen and oxygen atoms in total. The van der Waals surface area contributed by atoms with Crippen LogP contribution in [0.4, 0.5) is 4.79 Å². The first-order valence-corrected chi connectivity index (χ1v) is 4.40. The Bertz CT molecular complexity index is 161. The topological polar surface area (TPSA) is 52.6 Å². The van der Waals surface area contributed by atoms with Crippen molar-refractivity contribution < 1.29 is 9.90 Å². The molecule has 0 aromatic heterocycles. The van der Waals surface area contributed by atoms with Crippen LogP contribution < -0.4 is 5.32 Å². The highest BCUT2D eigenvalue weighted by Gasteiger charge is 2.27.